The van der Waals surface area contributed by atoms with Crippen molar-refractivity contribution in [2.24, 2.45) is 0 Å². The van der Waals surface area contributed by atoms with E-state index in [2.05, 4.69) is 0 Å². The zero-order valence-corrected chi connectivity index (χ0v) is 14.4. The predicted molar refractivity (Wildman–Crippen MR) is 87.8 cm³/mol. The van der Waals surface area contributed by atoms with Gasteiger partial charge in [0.25, 0.3) is 15.9 Å². The summed E-state index contributed by atoms with van der Waals surface area (Å²) in [4.78, 5) is 12.5. The third kappa shape index (κ3) is 2.50. The van der Waals surface area contributed by atoms with Crippen LogP contribution in [0.25, 0.3) is 0 Å². The van der Waals surface area contributed by atoms with Crippen molar-refractivity contribution < 1.29 is 22.7 Å². The summed E-state index contributed by atoms with van der Waals surface area (Å²) in [6.45, 7) is 1.93. The molecule has 1 amide bonds. The Kier molecular flexibility index (Phi) is 3.96. The zero-order chi connectivity index (χ0) is 17.5. The van der Waals surface area contributed by atoms with Crippen LogP contribution >= 0.6 is 0 Å². The fourth-order valence-electron chi connectivity index (χ4n) is 2.62. The van der Waals surface area contributed by atoms with E-state index in [9.17, 15) is 13.2 Å². The molecule has 7 heteroatoms. The van der Waals surface area contributed by atoms with E-state index in [1.807, 2.05) is 31.2 Å². The lowest BCUT2D eigenvalue weighted by Crippen LogP contribution is -2.29. The normalized spacial score (nSPS) is 15.3. The van der Waals surface area contributed by atoms with Crippen LogP contribution in [0.2, 0.25) is 0 Å². The Hall–Kier alpha value is -2.54. The van der Waals surface area contributed by atoms with Crippen molar-refractivity contribution in [3.63, 3.8) is 0 Å². The maximum absolute atomic E-state index is 12.7. The summed E-state index contributed by atoms with van der Waals surface area (Å²) in [6.07, 6.45) is 0. The number of ether oxygens (including phenoxy) is 2. The highest BCUT2D eigenvalue weighted by molar-refractivity contribution is 7.90. The number of carbonyl (C=O) groups is 1. The van der Waals surface area contributed by atoms with Crippen LogP contribution in [0.3, 0.4) is 0 Å². The van der Waals surface area contributed by atoms with Crippen LogP contribution in [-0.2, 0) is 16.6 Å². The molecule has 1 heterocycles. The van der Waals surface area contributed by atoms with Gasteiger partial charge in [0.2, 0.25) is 0 Å². The highest BCUT2D eigenvalue weighted by Crippen LogP contribution is 2.39. The highest BCUT2D eigenvalue weighted by atomic mass is 32.2. The van der Waals surface area contributed by atoms with Crippen LogP contribution < -0.4 is 9.47 Å². The number of benzene rings is 2. The average Bonchev–Trinajstić information content (AvgIpc) is 2.76. The third-order valence-electron chi connectivity index (χ3n) is 3.96. The summed E-state index contributed by atoms with van der Waals surface area (Å²) in [7, 11) is -1.07. The van der Waals surface area contributed by atoms with Crippen LogP contribution in [0.1, 0.15) is 21.5 Å². The van der Waals surface area contributed by atoms with Crippen molar-refractivity contribution in [3.05, 3.63) is 53.1 Å². The molecule has 0 unspecified atom stereocenters. The summed E-state index contributed by atoms with van der Waals surface area (Å²) in [5.41, 5.74) is 1.90. The van der Waals surface area contributed by atoms with Crippen molar-refractivity contribution in [2.75, 3.05) is 14.2 Å². The Labute approximate surface area is 140 Å². The number of aryl methyl sites for hydroxylation is 1. The lowest BCUT2D eigenvalue weighted by Gasteiger charge is -2.15. The maximum Gasteiger partial charge on any atom is 0.269 e. The van der Waals surface area contributed by atoms with Crippen LogP contribution in [0.15, 0.2) is 41.3 Å². The van der Waals surface area contributed by atoms with Crippen molar-refractivity contribution >= 4 is 15.9 Å². The Bertz CT molecular complexity index is 903. The molecule has 0 radical (unpaired) electrons. The van der Waals surface area contributed by atoms with Crippen molar-refractivity contribution in [1.82, 2.24) is 4.31 Å². The van der Waals surface area contributed by atoms with E-state index in [1.54, 1.807) is 0 Å². The third-order valence-corrected chi connectivity index (χ3v) is 5.73. The van der Waals surface area contributed by atoms with Gasteiger partial charge in [-0.1, -0.05) is 29.8 Å². The smallest absolute Gasteiger partial charge is 0.269 e. The molecule has 0 spiro atoms. The number of rotatable bonds is 4. The zero-order valence-electron chi connectivity index (χ0n) is 13.6. The second-order valence-corrected chi connectivity index (χ2v) is 7.34. The molecule has 0 saturated heterocycles. The standard InChI is InChI=1S/C17H17NO5S/c1-11-4-6-12(7-5-11)10-18-17(19)13-8-14(22-2)15(23-3)9-16(13)24(18,20)21/h4-9H,10H2,1-3H3. The van der Waals surface area contributed by atoms with Gasteiger partial charge in [-0.2, -0.15) is 0 Å². The second kappa shape index (κ2) is 5.83. The lowest BCUT2D eigenvalue weighted by atomic mass is 10.1. The van der Waals surface area contributed by atoms with Gasteiger partial charge in [0.15, 0.2) is 11.5 Å². The first-order chi connectivity index (χ1) is 11.4. The van der Waals surface area contributed by atoms with Crippen molar-refractivity contribution in [2.45, 2.75) is 18.4 Å². The Morgan fingerprint density at radius 1 is 1.00 bits per heavy atom. The quantitative estimate of drug-likeness (QED) is 0.849. The number of sulfonamides is 1. The molecule has 1 aliphatic heterocycles. The van der Waals surface area contributed by atoms with Crippen LogP contribution in [0.4, 0.5) is 0 Å². The molecular formula is C17H17NO5S. The van der Waals surface area contributed by atoms with Crippen LogP contribution in [0.5, 0.6) is 11.5 Å². The van der Waals surface area contributed by atoms with Gasteiger partial charge in [-0.05, 0) is 18.6 Å². The number of carbonyl (C=O) groups excluding carboxylic acids is 1. The number of fused-ring (bicyclic) bond motifs is 1. The number of amides is 1. The number of nitrogens with zero attached hydrogens (tertiary/aromatic N) is 1. The fourth-order valence-corrected chi connectivity index (χ4v) is 4.17. The molecule has 126 valence electrons. The molecule has 0 aromatic heterocycles. The van der Waals surface area contributed by atoms with Crippen molar-refractivity contribution in [1.29, 1.82) is 0 Å². The van der Waals surface area contributed by atoms with Crippen molar-refractivity contribution in [3.8, 4) is 11.5 Å². The topological polar surface area (TPSA) is 72.9 Å². The molecule has 24 heavy (non-hydrogen) atoms. The molecule has 6 nitrogen and oxygen atoms in total. The Balaban J connectivity index is 2.05. The number of methoxy groups -OCH3 is 2. The minimum absolute atomic E-state index is 0.0131. The van der Waals surface area contributed by atoms with E-state index in [4.69, 9.17) is 9.47 Å². The SMILES string of the molecule is COc1cc2c(cc1OC)S(=O)(=O)N(Cc1ccc(C)cc1)C2=O. The van der Waals surface area contributed by atoms with E-state index in [0.717, 1.165) is 15.4 Å². The lowest BCUT2D eigenvalue weighted by molar-refractivity contribution is 0.0864. The van der Waals surface area contributed by atoms with Gasteiger partial charge in [0, 0.05) is 6.07 Å². The summed E-state index contributed by atoms with van der Waals surface area (Å²) < 4.78 is 36.7. The fraction of sp³-hybridized carbons (Fsp3) is 0.235. The highest BCUT2D eigenvalue weighted by Gasteiger charge is 2.42. The van der Waals surface area contributed by atoms with E-state index in [0.29, 0.717) is 5.75 Å². The van der Waals surface area contributed by atoms with E-state index < -0.39 is 15.9 Å². The summed E-state index contributed by atoms with van der Waals surface area (Å²) >= 11 is 0. The first kappa shape index (κ1) is 16.3. The Morgan fingerprint density at radius 3 is 2.17 bits per heavy atom. The molecule has 0 fully saturated rings. The minimum Gasteiger partial charge on any atom is -0.493 e. The van der Waals surface area contributed by atoms with E-state index >= 15 is 0 Å². The average molecular weight is 347 g/mol. The molecule has 3 rings (SSSR count). The summed E-state index contributed by atoms with van der Waals surface area (Å²) in [6, 6.07) is 10.1. The molecular weight excluding hydrogens is 330 g/mol. The van der Waals surface area contributed by atoms with Gasteiger partial charge in [0.05, 0.1) is 26.3 Å². The molecule has 2 aromatic rings. The first-order valence-electron chi connectivity index (χ1n) is 7.27. The van der Waals surface area contributed by atoms with Gasteiger partial charge < -0.3 is 9.47 Å². The molecule has 0 N–H and O–H groups in total. The summed E-state index contributed by atoms with van der Waals surface area (Å²) in [5, 5.41) is 0. The summed E-state index contributed by atoms with van der Waals surface area (Å²) in [5.74, 6) is 0.0216. The second-order valence-electron chi connectivity index (χ2n) is 5.51. The minimum atomic E-state index is -3.91. The Morgan fingerprint density at radius 2 is 1.58 bits per heavy atom. The molecule has 0 saturated carbocycles. The number of hydrogen-bond acceptors (Lipinski definition) is 5. The monoisotopic (exact) mass is 347 g/mol. The van der Waals surface area contributed by atoms with Crippen LogP contribution in [0, 0.1) is 6.92 Å². The molecule has 2 aromatic carbocycles. The maximum atomic E-state index is 12.7. The van der Waals surface area contributed by atoms with E-state index in [1.165, 1.54) is 26.4 Å². The van der Waals surface area contributed by atoms with Gasteiger partial charge >= 0.3 is 0 Å². The van der Waals surface area contributed by atoms with E-state index in [-0.39, 0.29) is 22.8 Å². The number of hydrogen-bond donors (Lipinski definition) is 0. The van der Waals surface area contributed by atoms with Crippen LogP contribution in [-0.4, -0.2) is 32.8 Å². The molecule has 0 bridgehead atoms. The molecule has 1 aliphatic rings. The largest absolute Gasteiger partial charge is 0.493 e. The molecule has 0 aliphatic carbocycles. The predicted octanol–water partition coefficient (Wildman–Crippen LogP) is 2.36. The van der Waals surface area contributed by atoms with Gasteiger partial charge in [-0.25, -0.2) is 12.7 Å². The first-order valence-corrected chi connectivity index (χ1v) is 8.71. The molecule has 0 atom stereocenters. The van der Waals surface area contributed by atoms with Gasteiger partial charge in [-0.3, -0.25) is 4.79 Å². The van der Waals surface area contributed by atoms with Gasteiger partial charge in [0.1, 0.15) is 4.90 Å². The van der Waals surface area contributed by atoms with Gasteiger partial charge in [-0.15, -0.1) is 0 Å².